The lowest BCUT2D eigenvalue weighted by molar-refractivity contribution is -0.121. The molecule has 132 valence electrons. The van der Waals surface area contributed by atoms with Crippen LogP contribution in [-0.2, 0) is 10.2 Å². The van der Waals surface area contributed by atoms with Gasteiger partial charge in [0.2, 0.25) is 5.91 Å². The smallest absolute Gasteiger partial charge is 0.251 e. The number of benzene rings is 2. The number of hydrogen-bond donors (Lipinski definition) is 3. The van der Waals surface area contributed by atoms with Gasteiger partial charge in [0, 0.05) is 17.0 Å². The van der Waals surface area contributed by atoms with Gasteiger partial charge in [-0.25, -0.2) is 0 Å². The average molecular weight is 340 g/mol. The molecule has 0 aliphatic heterocycles. The molecule has 25 heavy (non-hydrogen) atoms. The molecule has 5 heteroatoms. The maximum atomic E-state index is 12.2. The van der Waals surface area contributed by atoms with Crippen LogP contribution in [-0.4, -0.2) is 29.5 Å². The van der Waals surface area contributed by atoms with Crippen LogP contribution in [0.4, 0.5) is 0 Å². The second-order valence-electron chi connectivity index (χ2n) is 6.61. The van der Waals surface area contributed by atoms with Crippen LogP contribution in [0.1, 0.15) is 36.7 Å². The number of carbonyl (C=O) groups is 2. The van der Waals surface area contributed by atoms with Crippen molar-refractivity contribution in [1.82, 2.24) is 10.6 Å². The number of phenols is 1. The lowest BCUT2D eigenvalue weighted by atomic mass is 9.78. The van der Waals surface area contributed by atoms with Gasteiger partial charge in [-0.15, -0.1) is 0 Å². The molecule has 0 saturated heterocycles. The molecule has 0 aromatic heterocycles. The molecule has 5 nitrogen and oxygen atoms in total. The summed E-state index contributed by atoms with van der Waals surface area (Å²) in [6, 6.07) is 15.7. The van der Waals surface area contributed by atoms with Crippen LogP contribution in [0.2, 0.25) is 0 Å². The van der Waals surface area contributed by atoms with Crippen LogP contribution in [0.25, 0.3) is 0 Å². The van der Waals surface area contributed by atoms with E-state index in [-0.39, 0.29) is 35.6 Å². The Morgan fingerprint density at radius 3 is 2.24 bits per heavy atom. The molecule has 0 saturated carbocycles. The van der Waals surface area contributed by atoms with E-state index in [9.17, 15) is 14.7 Å². The Bertz CT molecular complexity index is 724. The van der Waals surface area contributed by atoms with Gasteiger partial charge in [-0.3, -0.25) is 9.59 Å². The lowest BCUT2D eigenvalue weighted by Crippen LogP contribution is -2.48. The number of rotatable bonds is 6. The van der Waals surface area contributed by atoms with E-state index in [4.69, 9.17) is 0 Å². The molecular weight excluding hydrogens is 316 g/mol. The normalized spacial score (nSPS) is 12.3. The average Bonchev–Trinajstić information content (AvgIpc) is 2.61. The van der Waals surface area contributed by atoms with E-state index in [1.807, 2.05) is 37.3 Å². The van der Waals surface area contributed by atoms with Gasteiger partial charge in [-0.05, 0) is 36.8 Å². The zero-order valence-electron chi connectivity index (χ0n) is 14.7. The first kappa shape index (κ1) is 18.5. The first-order valence-corrected chi connectivity index (χ1v) is 8.23. The molecule has 0 bridgehead atoms. The monoisotopic (exact) mass is 340 g/mol. The van der Waals surface area contributed by atoms with Crippen LogP contribution >= 0.6 is 0 Å². The van der Waals surface area contributed by atoms with Crippen LogP contribution in [0.5, 0.6) is 5.75 Å². The molecule has 1 atom stereocenters. The first-order valence-electron chi connectivity index (χ1n) is 8.23. The van der Waals surface area contributed by atoms with Gasteiger partial charge >= 0.3 is 0 Å². The van der Waals surface area contributed by atoms with E-state index in [0.29, 0.717) is 5.56 Å². The number of nitrogens with one attached hydrogen (secondary N) is 2. The van der Waals surface area contributed by atoms with Gasteiger partial charge < -0.3 is 15.7 Å². The number of hydrogen-bond acceptors (Lipinski definition) is 3. The molecule has 0 heterocycles. The molecule has 2 aromatic carbocycles. The van der Waals surface area contributed by atoms with Crippen LogP contribution in [0, 0.1) is 0 Å². The van der Waals surface area contributed by atoms with Gasteiger partial charge in [-0.1, -0.05) is 44.2 Å². The molecule has 0 aliphatic rings. The van der Waals surface area contributed by atoms with Crippen molar-refractivity contribution in [3.8, 4) is 5.75 Å². The largest absolute Gasteiger partial charge is 0.508 e. The molecule has 3 N–H and O–H groups in total. The molecule has 2 aromatic rings. The van der Waals surface area contributed by atoms with E-state index >= 15 is 0 Å². The Kier molecular flexibility index (Phi) is 5.80. The highest BCUT2D eigenvalue weighted by molar-refractivity contribution is 5.96. The highest BCUT2D eigenvalue weighted by Crippen LogP contribution is 2.26. The number of aromatic hydroxyl groups is 1. The summed E-state index contributed by atoms with van der Waals surface area (Å²) in [5.41, 5.74) is 1.29. The zero-order valence-corrected chi connectivity index (χ0v) is 14.7. The Balaban J connectivity index is 1.89. The molecule has 0 aliphatic carbocycles. The fourth-order valence-corrected chi connectivity index (χ4v) is 2.47. The predicted molar refractivity (Wildman–Crippen MR) is 97.5 cm³/mol. The van der Waals surface area contributed by atoms with Crippen molar-refractivity contribution in [2.24, 2.45) is 0 Å². The Hall–Kier alpha value is -2.82. The van der Waals surface area contributed by atoms with E-state index in [2.05, 4.69) is 24.5 Å². The zero-order chi connectivity index (χ0) is 18.4. The van der Waals surface area contributed by atoms with Gasteiger partial charge in [0.15, 0.2) is 0 Å². The fraction of sp³-hybridized carbons (Fsp3) is 0.300. The van der Waals surface area contributed by atoms with E-state index in [0.717, 1.165) is 5.56 Å². The second-order valence-corrected chi connectivity index (χ2v) is 6.61. The third-order valence-corrected chi connectivity index (χ3v) is 4.52. The van der Waals surface area contributed by atoms with Crippen molar-refractivity contribution in [3.63, 3.8) is 0 Å². The number of phenolic OH excluding ortho intramolecular Hbond substituents is 1. The number of amides is 2. The van der Waals surface area contributed by atoms with Gasteiger partial charge in [0.1, 0.15) is 5.75 Å². The summed E-state index contributed by atoms with van der Waals surface area (Å²) in [6.45, 7) is 5.99. The number of carbonyl (C=O) groups excluding carboxylic acids is 2. The lowest BCUT2D eigenvalue weighted by Gasteiger charge is -2.33. The third kappa shape index (κ3) is 4.83. The molecule has 0 unspecified atom stereocenters. The minimum atomic E-state index is -0.356. The Morgan fingerprint density at radius 1 is 1.04 bits per heavy atom. The van der Waals surface area contributed by atoms with E-state index in [1.165, 1.54) is 24.3 Å². The topological polar surface area (TPSA) is 78.4 Å². The summed E-state index contributed by atoms with van der Waals surface area (Å²) in [6.07, 6.45) is 0. The Morgan fingerprint density at radius 2 is 1.64 bits per heavy atom. The fourth-order valence-electron chi connectivity index (χ4n) is 2.47. The van der Waals surface area contributed by atoms with Crippen LogP contribution in [0.15, 0.2) is 54.6 Å². The van der Waals surface area contributed by atoms with Crippen molar-refractivity contribution >= 4 is 11.8 Å². The van der Waals surface area contributed by atoms with Gasteiger partial charge in [0.25, 0.3) is 5.91 Å². The van der Waals surface area contributed by atoms with Crippen LogP contribution < -0.4 is 10.6 Å². The van der Waals surface area contributed by atoms with Crippen molar-refractivity contribution in [3.05, 3.63) is 65.7 Å². The van der Waals surface area contributed by atoms with Crippen molar-refractivity contribution in [2.45, 2.75) is 32.2 Å². The van der Waals surface area contributed by atoms with Crippen molar-refractivity contribution in [2.75, 3.05) is 6.54 Å². The summed E-state index contributed by atoms with van der Waals surface area (Å²) >= 11 is 0. The maximum absolute atomic E-state index is 12.2. The molecule has 0 spiro atoms. The first-order chi connectivity index (χ1) is 11.8. The van der Waals surface area contributed by atoms with Crippen molar-refractivity contribution < 1.29 is 14.7 Å². The second kappa shape index (κ2) is 7.83. The van der Waals surface area contributed by atoms with E-state index in [1.54, 1.807) is 0 Å². The highest BCUT2D eigenvalue weighted by Gasteiger charge is 2.28. The minimum absolute atomic E-state index is 0.0891. The molecule has 0 fully saturated rings. The minimum Gasteiger partial charge on any atom is -0.508 e. The van der Waals surface area contributed by atoms with E-state index < -0.39 is 0 Å². The summed E-state index contributed by atoms with van der Waals surface area (Å²) < 4.78 is 0. The summed E-state index contributed by atoms with van der Waals surface area (Å²) in [5.74, 6) is -0.514. The Labute approximate surface area is 148 Å². The predicted octanol–water partition coefficient (Wildman–Crippen LogP) is 2.60. The summed E-state index contributed by atoms with van der Waals surface area (Å²) in [4.78, 5) is 24.1. The summed E-state index contributed by atoms with van der Waals surface area (Å²) in [7, 11) is 0. The molecule has 0 radical (unpaired) electrons. The maximum Gasteiger partial charge on any atom is 0.251 e. The molecule has 2 rings (SSSR count). The molecule has 2 amide bonds. The van der Waals surface area contributed by atoms with Gasteiger partial charge in [0.05, 0.1) is 6.54 Å². The van der Waals surface area contributed by atoms with Crippen LogP contribution in [0.3, 0.4) is 0 Å². The SMILES string of the molecule is C[C@@H](NC(=O)CNC(=O)c1ccc(O)cc1)C(C)(C)c1ccccc1. The summed E-state index contributed by atoms with van der Waals surface area (Å²) in [5, 5.41) is 14.8. The van der Waals surface area contributed by atoms with Gasteiger partial charge in [-0.2, -0.15) is 0 Å². The van der Waals surface area contributed by atoms with Crippen molar-refractivity contribution in [1.29, 1.82) is 0 Å². The standard InChI is InChI=1S/C20H24N2O3/c1-14(20(2,3)16-7-5-4-6-8-16)22-18(24)13-21-19(25)15-9-11-17(23)12-10-15/h4-12,14,23H,13H2,1-3H3,(H,21,25)(H,22,24)/t14-/m1/s1. The highest BCUT2D eigenvalue weighted by atomic mass is 16.3. The third-order valence-electron chi connectivity index (χ3n) is 4.52. The quantitative estimate of drug-likeness (QED) is 0.756. The molecular formula is C20H24N2O3.